The SMILES string of the molecule is COc1ccccc1OCCNC(=O)NC(C)c1ccc(NC(=O)C2CC2)cc1. The van der Waals surface area contributed by atoms with Gasteiger partial charge in [0.25, 0.3) is 0 Å². The molecular formula is C22H27N3O4. The molecule has 154 valence electrons. The van der Waals surface area contributed by atoms with Crippen LogP contribution in [0.5, 0.6) is 11.5 Å². The van der Waals surface area contributed by atoms with Crippen molar-refractivity contribution in [3.05, 3.63) is 54.1 Å². The van der Waals surface area contributed by atoms with Crippen LogP contribution in [0.4, 0.5) is 10.5 Å². The minimum absolute atomic E-state index is 0.0821. The van der Waals surface area contributed by atoms with Crippen molar-refractivity contribution in [3.63, 3.8) is 0 Å². The molecule has 0 saturated heterocycles. The highest BCUT2D eigenvalue weighted by Gasteiger charge is 2.29. The van der Waals surface area contributed by atoms with Crippen LogP contribution in [-0.2, 0) is 4.79 Å². The van der Waals surface area contributed by atoms with E-state index >= 15 is 0 Å². The summed E-state index contributed by atoms with van der Waals surface area (Å²) in [5.74, 6) is 1.55. The first kappa shape index (κ1) is 20.5. The predicted octanol–water partition coefficient (Wildman–Crippen LogP) is 3.48. The summed E-state index contributed by atoms with van der Waals surface area (Å²) < 4.78 is 10.9. The number of benzene rings is 2. The smallest absolute Gasteiger partial charge is 0.315 e. The van der Waals surface area contributed by atoms with Crippen molar-refractivity contribution < 1.29 is 19.1 Å². The summed E-state index contributed by atoms with van der Waals surface area (Å²) in [5, 5.41) is 8.57. The number of amides is 3. The molecule has 0 aromatic heterocycles. The van der Waals surface area contributed by atoms with E-state index in [4.69, 9.17) is 9.47 Å². The summed E-state index contributed by atoms with van der Waals surface area (Å²) in [6, 6.07) is 14.4. The van der Waals surface area contributed by atoms with Crippen LogP contribution in [0.25, 0.3) is 0 Å². The molecule has 0 aliphatic heterocycles. The van der Waals surface area contributed by atoms with Gasteiger partial charge in [0.1, 0.15) is 6.61 Å². The van der Waals surface area contributed by atoms with E-state index in [-0.39, 0.29) is 23.9 Å². The molecule has 1 unspecified atom stereocenters. The van der Waals surface area contributed by atoms with Crippen molar-refractivity contribution >= 4 is 17.6 Å². The molecule has 3 rings (SSSR count). The molecule has 0 heterocycles. The fraction of sp³-hybridized carbons (Fsp3) is 0.364. The molecule has 3 N–H and O–H groups in total. The van der Waals surface area contributed by atoms with Crippen LogP contribution in [0.2, 0.25) is 0 Å². The van der Waals surface area contributed by atoms with E-state index in [0.29, 0.717) is 24.7 Å². The summed E-state index contributed by atoms with van der Waals surface area (Å²) in [4.78, 5) is 23.9. The normalized spacial score (nSPS) is 13.9. The minimum Gasteiger partial charge on any atom is -0.493 e. The van der Waals surface area contributed by atoms with Crippen LogP contribution >= 0.6 is 0 Å². The van der Waals surface area contributed by atoms with Crippen LogP contribution < -0.4 is 25.4 Å². The maximum absolute atomic E-state index is 12.1. The summed E-state index contributed by atoms with van der Waals surface area (Å²) in [6.07, 6.45) is 1.95. The van der Waals surface area contributed by atoms with E-state index in [9.17, 15) is 9.59 Å². The third-order valence-electron chi connectivity index (χ3n) is 4.69. The molecule has 1 aliphatic rings. The lowest BCUT2D eigenvalue weighted by Gasteiger charge is -2.16. The largest absolute Gasteiger partial charge is 0.493 e. The third-order valence-corrected chi connectivity index (χ3v) is 4.69. The van der Waals surface area contributed by atoms with E-state index < -0.39 is 0 Å². The first-order chi connectivity index (χ1) is 14.1. The van der Waals surface area contributed by atoms with E-state index in [0.717, 1.165) is 24.1 Å². The number of rotatable bonds is 9. The second-order valence-electron chi connectivity index (χ2n) is 7.01. The molecule has 7 nitrogen and oxygen atoms in total. The van der Waals surface area contributed by atoms with Crippen molar-refractivity contribution in [1.82, 2.24) is 10.6 Å². The number of hydrogen-bond donors (Lipinski definition) is 3. The zero-order chi connectivity index (χ0) is 20.6. The van der Waals surface area contributed by atoms with Gasteiger partial charge in [-0.25, -0.2) is 4.79 Å². The summed E-state index contributed by atoms with van der Waals surface area (Å²) >= 11 is 0. The monoisotopic (exact) mass is 397 g/mol. The van der Waals surface area contributed by atoms with Gasteiger partial charge in [0.05, 0.1) is 19.7 Å². The molecule has 29 heavy (non-hydrogen) atoms. The second kappa shape index (κ2) is 9.82. The van der Waals surface area contributed by atoms with Crippen molar-refractivity contribution in [2.45, 2.75) is 25.8 Å². The first-order valence-electron chi connectivity index (χ1n) is 9.78. The van der Waals surface area contributed by atoms with Crippen LogP contribution in [0.1, 0.15) is 31.4 Å². The van der Waals surface area contributed by atoms with Gasteiger partial charge in [0.2, 0.25) is 5.91 Å². The number of methoxy groups -OCH3 is 1. The molecule has 1 saturated carbocycles. The van der Waals surface area contributed by atoms with Crippen LogP contribution in [0.3, 0.4) is 0 Å². The average molecular weight is 397 g/mol. The van der Waals surface area contributed by atoms with Crippen molar-refractivity contribution in [3.8, 4) is 11.5 Å². The highest BCUT2D eigenvalue weighted by Crippen LogP contribution is 2.30. The Morgan fingerprint density at radius 2 is 1.76 bits per heavy atom. The summed E-state index contributed by atoms with van der Waals surface area (Å²) in [6.45, 7) is 2.60. The molecular weight excluding hydrogens is 370 g/mol. The Hall–Kier alpha value is -3.22. The molecule has 2 aromatic rings. The molecule has 1 atom stereocenters. The van der Waals surface area contributed by atoms with Gasteiger partial charge in [-0.1, -0.05) is 24.3 Å². The van der Waals surface area contributed by atoms with E-state index in [1.54, 1.807) is 7.11 Å². The average Bonchev–Trinajstić information content (AvgIpc) is 3.57. The number of carbonyl (C=O) groups is 2. The Kier molecular flexibility index (Phi) is 6.94. The van der Waals surface area contributed by atoms with Crippen LogP contribution in [0, 0.1) is 5.92 Å². The predicted molar refractivity (Wildman–Crippen MR) is 111 cm³/mol. The topological polar surface area (TPSA) is 88.7 Å². The van der Waals surface area contributed by atoms with Crippen LogP contribution in [-0.4, -0.2) is 32.2 Å². The lowest BCUT2D eigenvalue weighted by Crippen LogP contribution is -2.39. The van der Waals surface area contributed by atoms with Gasteiger partial charge >= 0.3 is 6.03 Å². The van der Waals surface area contributed by atoms with Gasteiger partial charge < -0.3 is 25.4 Å². The number of hydrogen-bond acceptors (Lipinski definition) is 4. The molecule has 0 bridgehead atoms. The van der Waals surface area contributed by atoms with Gasteiger partial charge in [0, 0.05) is 11.6 Å². The van der Waals surface area contributed by atoms with Gasteiger partial charge in [-0.2, -0.15) is 0 Å². The maximum atomic E-state index is 12.1. The molecule has 1 fully saturated rings. The van der Waals surface area contributed by atoms with Gasteiger partial charge in [-0.15, -0.1) is 0 Å². The lowest BCUT2D eigenvalue weighted by molar-refractivity contribution is -0.117. The van der Waals surface area contributed by atoms with Crippen molar-refractivity contribution in [2.75, 3.05) is 25.6 Å². The van der Waals surface area contributed by atoms with Crippen molar-refractivity contribution in [1.29, 1.82) is 0 Å². The molecule has 1 aliphatic carbocycles. The zero-order valence-electron chi connectivity index (χ0n) is 16.7. The fourth-order valence-electron chi connectivity index (χ4n) is 2.84. The Balaban J connectivity index is 1.38. The quantitative estimate of drug-likeness (QED) is 0.565. The first-order valence-corrected chi connectivity index (χ1v) is 9.78. The highest BCUT2D eigenvalue weighted by molar-refractivity contribution is 5.94. The molecule has 0 spiro atoms. The Bertz CT molecular complexity index is 834. The van der Waals surface area contributed by atoms with Gasteiger partial charge in [-0.3, -0.25) is 4.79 Å². The molecule has 3 amide bonds. The number of carbonyl (C=O) groups excluding carboxylic acids is 2. The molecule has 7 heteroatoms. The van der Waals surface area contributed by atoms with Crippen molar-refractivity contribution in [2.24, 2.45) is 5.92 Å². The Labute approximate surface area is 170 Å². The summed E-state index contributed by atoms with van der Waals surface area (Å²) in [5.41, 5.74) is 1.73. The minimum atomic E-state index is -0.271. The van der Waals surface area contributed by atoms with E-state index in [2.05, 4.69) is 16.0 Å². The third kappa shape index (κ3) is 6.14. The maximum Gasteiger partial charge on any atom is 0.315 e. The number of para-hydroxylation sites is 2. The number of ether oxygens (including phenoxy) is 2. The Morgan fingerprint density at radius 1 is 1.07 bits per heavy atom. The Morgan fingerprint density at radius 3 is 2.41 bits per heavy atom. The second-order valence-corrected chi connectivity index (χ2v) is 7.01. The zero-order valence-corrected chi connectivity index (χ0v) is 16.7. The number of urea groups is 1. The van der Waals surface area contributed by atoms with Crippen LogP contribution in [0.15, 0.2) is 48.5 Å². The lowest BCUT2D eigenvalue weighted by atomic mass is 10.1. The molecule has 0 radical (unpaired) electrons. The number of anilines is 1. The number of nitrogens with one attached hydrogen (secondary N) is 3. The molecule has 2 aromatic carbocycles. The van der Waals surface area contributed by atoms with E-state index in [1.165, 1.54) is 0 Å². The van der Waals surface area contributed by atoms with Gasteiger partial charge in [-0.05, 0) is 49.6 Å². The van der Waals surface area contributed by atoms with Gasteiger partial charge in [0.15, 0.2) is 11.5 Å². The summed E-state index contributed by atoms with van der Waals surface area (Å²) in [7, 11) is 1.59. The fourth-order valence-corrected chi connectivity index (χ4v) is 2.84. The van der Waals surface area contributed by atoms with E-state index in [1.807, 2.05) is 55.5 Å². The standard InChI is InChI=1S/C22H27N3O4/c1-15(16-9-11-18(12-10-16)25-21(26)17-7-8-17)24-22(27)23-13-14-29-20-6-4-3-5-19(20)28-2/h3-6,9-12,15,17H,7-8,13-14H2,1-2H3,(H,25,26)(H2,23,24,27). The highest BCUT2D eigenvalue weighted by atomic mass is 16.5.